The van der Waals surface area contributed by atoms with Gasteiger partial charge in [0.2, 0.25) is 0 Å². The molecule has 20 heavy (non-hydrogen) atoms. The van der Waals surface area contributed by atoms with Gasteiger partial charge in [0.1, 0.15) is 16.9 Å². The van der Waals surface area contributed by atoms with Crippen LogP contribution in [0.3, 0.4) is 0 Å². The maximum Gasteiger partial charge on any atom is 0.347 e. The van der Waals surface area contributed by atoms with E-state index < -0.39 is 11.6 Å². The quantitative estimate of drug-likeness (QED) is 0.785. The van der Waals surface area contributed by atoms with Gasteiger partial charge < -0.3 is 14.3 Å². The normalized spacial score (nSPS) is 11.9. The number of hydrogen-bond donors (Lipinski definition) is 1. The van der Waals surface area contributed by atoms with Crippen LogP contribution in [0.4, 0.5) is 0 Å². The van der Waals surface area contributed by atoms with Crippen molar-refractivity contribution in [2.45, 2.75) is 19.4 Å². The Bertz CT molecular complexity index is 798. The Labute approximate surface area is 115 Å². The lowest BCUT2D eigenvalue weighted by molar-refractivity contribution is -0.152. The van der Waals surface area contributed by atoms with E-state index in [1.807, 2.05) is 30.3 Å². The molecule has 102 valence electrons. The molecule has 0 saturated carbocycles. The number of para-hydroxylation sites is 1. The van der Waals surface area contributed by atoms with Crippen molar-refractivity contribution in [2.24, 2.45) is 0 Å². The molecule has 0 aliphatic rings. The van der Waals surface area contributed by atoms with E-state index in [-0.39, 0.29) is 0 Å². The van der Waals surface area contributed by atoms with E-state index in [9.17, 15) is 9.90 Å². The standard InChI is InChI=1S/C16H14O4/c1-16(2,15(17)18)20-13-9-5-8-12-14(13)10-6-3-4-7-11(10)19-12/h3-9H,1-2H3,(H,17,18). The number of rotatable bonds is 3. The van der Waals surface area contributed by atoms with Crippen molar-refractivity contribution in [3.63, 3.8) is 0 Å². The molecular weight excluding hydrogens is 256 g/mol. The number of carboxylic acid groups (broad SMARTS) is 1. The maximum atomic E-state index is 11.2. The number of carboxylic acids is 1. The number of benzene rings is 2. The van der Waals surface area contributed by atoms with Crippen LogP contribution in [0, 0.1) is 0 Å². The monoisotopic (exact) mass is 270 g/mol. The molecule has 1 aromatic heterocycles. The van der Waals surface area contributed by atoms with Gasteiger partial charge in [0.15, 0.2) is 5.60 Å². The zero-order valence-corrected chi connectivity index (χ0v) is 11.2. The Morgan fingerprint density at radius 3 is 2.55 bits per heavy atom. The van der Waals surface area contributed by atoms with Crippen LogP contribution < -0.4 is 4.74 Å². The molecule has 4 heteroatoms. The third-order valence-electron chi connectivity index (χ3n) is 3.24. The predicted octanol–water partition coefficient (Wildman–Crippen LogP) is 3.83. The van der Waals surface area contributed by atoms with E-state index in [2.05, 4.69) is 0 Å². The van der Waals surface area contributed by atoms with Crippen molar-refractivity contribution in [3.8, 4) is 5.75 Å². The average molecular weight is 270 g/mol. The van der Waals surface area contributed by atoms with Crippen molar-refractivity contribution in [2.75, 3.05) is 0 Å². The second-order valence-corrected chi connectivity index (χ2v) is 5.15. The number of ether oxygens (including phenoxy) is 1. The second kappa shape index (κ2) is 4.27. The van der Waals surface area contributed by atoms with Gasteiger partial charge in [-0.1, -0.05) is 24.3 Å². The highest BCUT2D eigenvalue weighted by atomic mass is 16.5. The van der Waals surface area contributed by atoms with Gasteiger partial charge in [0.05, 0.1) is 5.39 Å². The third-order valence-corrected chi connectivity index (χ3v) is 3.24. The molecule has 0 atom stereocenters. The topological polar surface area (TPSA) is 59.7 Å². The fourth-order valence-corrected chi connectivity index (χ4v) is 2.15. The van der Waals surface area contributed by atoms with Crippen molar-refractivity contribution >= 4 is 27.9 Å². The third kappa shape index (κ3) is 1.90. The van der Waals surface area contributed by atoms with E-state index in [0.29, 0.717) is 11.3 Å². The summed E-state index contributed by atoms with van der Waals surface area (Å²) in [5.74, 6) is -0.498. The van der Waals surface area contributed by atoms with Crippen molar-refractivity contribution in [1.82, 2.24) is 0 Å². The lowest BCUT2D eigenvalue weighted by Crippen LogP contribution is -2.37. The van der Waals surface area contributed by atoms with Crippen LogP contribution in [0.5, 0.6) is 5.75 Å². The molecule has 0 aliphatic carbocycles. The first kappa shape index (κ1) is 12.5. The van der Waals surface area contributed by atoms with E-state index in [0.717, 1.165) is 16.4 Å². The van der Waals surface area contributed by atoms with Gasteiger partial charge in [0, 0.05) is 5.39 Å². The zero-order chi connectivity index (χ0) is 14.3. The summed E-state index contributed by atoms with van der Waals surface area (Å²) in [6, 6.07) is 13.0. The summed E-state index contributed by atoms with van der Waals surface area (Å²) in [5, 5.41) is 10.9. The van der Waals surface area contributed by atoms with Crippen LogP contribution in [0.15, 0.2) is 46.9 Å². The molecule has 0 spiro atoms. The number of aliphatic carboxylic acids is 1. The molecule has 3 rings (SSSR count). The van der Waals surface area contributed by atoms with E-state index >= 15 is 0 Å². The Hall–Kier alpha value is -2.49. The average Bonchev–Trinajstić information content (AvgIpc) is 2.77. The van der Waals surface area contributed by atoms with Crippen molar-refractivity contribution in [1.29, 1.82) is 0 Å². The van der Waals surface area contributed by atoms with Crippen molar-refractivity contribution < 1.29 is 19.1 Å². The summed E-state index contributed by atoms with van der Waals surface area (Å²) >= 11 is 0. The van der Waals surface area contributed by atoms with Gasteiger partial charge in [-0.2, -0.15) is 0 Å². The predicted molar refractivity (Wildman–Crippen MR) is 76.1 cm³/mol. The molecule has 0 saturated heterocycles. The fraction of sp³-hybridized carbons (Fsp3) is 0.188. The summed E-state index contributed by atoms with van der Waals surface area (Å²) in [4.78, 5) is 11.2. The molecule has 3 aromatic rings. The highest BCUT2D eigenvalue weighted by Gasteiger charge is 2.30. The molecule has 0 unspecified atom stereocenters. The Kier molecular flexibility index (Phi) is 2.67. The lowest BCUT2D eigenvalue weighted by atomic mass is 10.1. The lowest BCUT2D eigenvalue weighted by Gasteiger charge is -2.21. The Morgan fingerprint density at radius 1 is 1.10 bits per heavy atom. The van der Waals surface area contributed by atoms with Crippen LogP contribution in [0.2, 0.25) is 0 Å². The minimum atomic E-state index is -1.30. The largest absolute Gasteiger partial charge is 0.478 e. The van der Waals surface area contributed by atoms with E-state index in [4.69, 9.17) is 9.15 Å². The molecule has 0 radical (unpaired) electrons. The molecule has 2 aromatic carbocycles. The molecule has 0 amide bonds. The van der Waals surface area contributed by atoms with Crippen LogP contribution >= 0.6 is 0 Å². The van der Waals surface area contributed by atoms with Gasteiger partial charge in [-0.05, 0) is 32.0 Å². The van der Waals surface area contributed by atoms with Gasteiger partial charge in [-0.15, -0.1) is 0 Å². The Morgan fingerprint density at radius 2 is 1.80 bits per heavy atom. The SMILES string of the molecule is CC(C)(Oc1cccc2oc3ccccc3c12)C(=O)O. The van der Waals surface area contributed by atoms with E-state index in [1.165, 1.54) is 13.8 Å². The number of furan rings is 1. The summed E-state index contributed by atoms with van der Waals surface area (Å²) < 4.78 is 11.4. The molecule has 1 N–H and O–H groups in total. The number of carbonyl (C=O) groups is 1. The van der Waals surface area contributed by atoms with E-state index in [1.54, 1.807) is 12.1 Å². The molecule has 4 nitrogen and oxygen atoms in total. The van der Waals surface area contributed by atoms with Gasteiger partial charge in [-0.25, -0.2) is 4.79 Å². The first-order valence-electron chi connectivity index (χ1n) is 6.32. The van der Waals surface area contributed by atoms with Crippen molar-refractivity contribution in [3.05, 3.63) is 42.5 Å². The molecule has 1 heterocycles. The summed E-state index contributed by atoms with van der Waals surface area (Å²) in [7, 11) is 0. The maximum absolute atomic E-state index is 11.2. The van der Waals surface area contributed by atoms with Crippen LogP contribution in [0.25, 0.3) is 21.9 Å². The van der Waals surface area contributed by atoms with Crippen LogP contribution in [-0.2, 0) is 4.79 Å². The summed E-state index contributed by atoms with van der Waals surface area (Å²) in [6.07, 6.45) is 0. The minimum absolute atomic E-state index is 0.514. The van der Waals surface area contributed by atoms with Gasteiger partial charge in [-0.3, -0.25) is 0 Å². The fourth-order valence-electron chi connectivity index (χ4n) is 2.15. The Balaban J connectivity index is 2.23. The van der Waals surface area contributed by atoms with Gasteiger partial charge >= 0.3 is 5.97 Å². The van der Waals surface area contributed by atoms with Crippen LogP contribution in [-0.4, -0.2) is 16.7 Å². The number of hydrogen-bond acceptors (Lipinski definition) is 3. The molecule has 0 bridgehead atoms. The highest BCUT2D eigenvalue weighted by Crippen LogP contribution is 2.36. The van der Waals surface area contributed by atoms with Crippen LogP contribution in [0.1, 0.15) is 13.8 Å². The summed E-state index contributed by atoms with van der Waals surface area (Å²) in [6.45, 7) is 3.05. The second-order valence-electron chi connectivity index (χ2n) is 5.15. The molecule has 0 aliphatic heterocycles. The van der Waals surface area contributed by atoms with Gasteiger partial charge in [0.25, 0.3) is 0 Å². The highest BCUT2D eigenvalue weighted by molar-refractivity contribution is 6.08. The molecule has 0 fully saturated rings. The molecular formula is C16H14O4. The first-order valence-corrected chi connectivity index (χ1v) is 6.32. The minimum Gasteiger partial charge on any atom is -0.478 e. The summed E-state index contributed by atoms with van der Waals surface area (Å²) in [5.41, 5.74) is 0.142. The zero-order valence-electron chi connectivity index (χ0n) is 11.2. The number of fused-ring (bicyclic) bond motifs is 3. The first-order chi connectivity index (χ1) is 9.49. The smallest absolute Gasteiger partial charge is 0.347 e.